The first-order valence-electron chi connectivity index (χ1n) is 13.0. The van der Waals surface area contributed by atoms with Crippen molar-refractivity contribution in [1.82, 2.24) is 5.32 Å². The molecule has 1 aromatic heterocycles. The third-order valence-electron chi connectivity index (χ3n) is 9.89. The van der Waals surface area contributed by atoms with E-state index in [0.717, 1.165) is 37.3 Å². The van der Waals surface area contributed by atoms with E-state index in [4.69, 9.17) is 9.25 Å². The summed E-state index contributed by atoms with van der Waals surface area (Å²) in [7, 11) is 0. The predicted molar refractivity (Wildman–Crippen MR) is 130 cm³/mol. The molecule has 0 aromatic carbocycles. The quantitative estimate of drug-likeness (QED) is 0.566. The SMILES string of the molecule is CC(=O)[C@H]1CC[C@H]2[C@@H]3CCC4=C/C(=N/OCC(=O)NCc5ccco5)CC[C@]4(C)[C@H]3CC[C@]12C. The molecule has 1 amide bonds. The Morgan fingerprint density at radius 3 is 2.76 bits per heavy atom. The first-order chi connectivity index (χ1) is 16.3. The molecule has 6 heteroatoms. The first-order valence-corrected chi connectivity index (χ1v) is 13.0. The van der Waals surface area contributed by atoms with Gasteiger partial charge >= 0.3 is 0 Å². The Labute approximate surface area is 202 Å². The van der Waals surface area contributed by atoms with Gasteiger partial charge in [0.15, 0.2) is 6.61 Å². The Balaban J connectivity index is 1.21. The highest BCUT2D eigenvalue weighted by Gasteiger charge is 2.59. The number of rotatable bonds is 6. The van der Waals surface area contributed by atoms with Gasteiger partial charge in [-0.3, -0.25) is 9.59 Å². The second-order valence-electron chi connectivity index (χ2n) is 11.5. The van der Waals surface area contributed by atoms with Crippen molar-refractivity contribution in [3.8, 4) is 0 Å². The van der Waals surface area contributed by atoms with Gasteiger partial charge < -0.3 is 14.6 Å². The van der Waals surface area contributed by atoms with Crippen molar-refractivity contribution >= 4 is 17.4 Å². The van der Waals surface area contributed by atoms with Gasteiger partial charge in [0.05, 0.1) is 18.5 Å². The van der Waals surface area contributed by atoms with Crippen molar-refractivity contribution in [2.24, 2.45) is 39.7 Å². The molecule has 0 bridgehead atoms. The topological polar surface area (TPSA) is 80.9 Å². The molecule has 0 aliphatic heterocycles. The first kappa shape index (κ1) is 23.4. The molecule has 0 radical (unpaired) electrons. The second kappa shape index (κ2) is 9.01. The number of nitrogens with one attached hydrogen (secondary N) is 1. The lowest BCUT2D eigenvalue weighted by atomic mass is 9.46. The molecular weight excluding hydrogens is 428 g/mol. The zero-order valence-corrected chi connectivity index (χ0v) is 20.8. The van der Waals surface area contributed by atoms with Gasteiger partial charge in [0.1, 0.15) is 11.5 Å². The fraction of sp³-hybridized carbons (Fsp3) is 0.679. The van der Waals surface area contributed by atoms with E-state index in [1.165, 1.54) is 31.3 Å². The minimum absolute atomic E-state index is 0.0904. The van der Waals surface area contributed by atoms with Crippen LogP contribution in [0.2, 0.25) is 0 Å². The number of nitrogens with zero attached hydrogens (tertiary/aromatic N) is 1. The maximum atomic E-state index is 12.3. The second-order valence-corrected chi connectivity index (χ2v) is 11.5. The predicted octanol–water partition coefficient (Wildman–Crippen LogP) is 5.44. The van der Waals surface area contributed by atoms with E-state index in [0.29, 0.717) is 29.9 Å². The largest absolute Gasteiger partial charge is 0.467 e. The number of fused-ring (bicyclic) bond motifs is 5. The summed E-state index contributed by atoms with van der Waals surface area (Å²) in [4.78, 5) is 29.8. The summed E-state index contributed by atoms with van der Waals surface area (Å²) in [5, 5.41) is 7.08. The molecule has 1 heterocycles. The van der Waals surface area contributed by atoms with Crippen molar-refractivity contribution in [2.75, 3.05) is 6.61 Å². The number of furan rings is 1. The molecule has 0 spiro atoms. The third-order valence-corrected chi connectivity index (χ3v) is 9.89. The molecule has 5 rings (SSSR count). The summed E-state index contributed by atoms with van der Waals surface area (Å²) in [6, 6.07) is 3.62. The number of carbonyl (C=O) groups is 2. The highest BCUT2D eigenvalue weighted by atomic mass is 16.6. The van der Waals surface area contributed by atoms with Crippen molar-refractivity contribution in [3.63, 3.8) is 0 Å². The fourth-order valence-electron chi connectivity index (χ4n) is 8.13. The zero-order chi connectivity index (χ0) is 23.9. The van der Waals surface area contributed by atoms with Crippen molar-refractivity contribution < 1.29 is 18.8 Å². The number of amides is 1. The summed E-state index contributed by atoms with van der Waals surface area (Å²) >= 11 is 0. The summed E-state index contributed by atoms with van der Waals surface area (Å²) in [6.07, 6.45) is 12.9. The Morgan fingerprint density at radius 1 is 1.15 bits per heavy atom. The molecule has 3 saturated carbocycles. The molecule has 3 fully saturated rings. The minimum atomic E-state index is -0.208. The van der Waals surface area contributed by atoms with Gasteiger partial charge in [0, 0.05) is 5.92 Å². The Morgan fingerprint density at radius 2 is 2.00 bits per heavy atom. The number of Topliss-reactive ketones (excluding diaryl/α,β-unsaturated/α-hetero) is 1. The van der Waals surface area contributed by atoms with E-state index in [9.17, 15) is 9.59 Å². The van der Waals surface area contributed by atoms with Crippen LogP contribution in [0, 0.1) is 34.5 Å². The summed E-state index contributed by atoms with van der Waals surface area (Å²) in [6.45, 7) is 6.95. The average molecular weight is 467 g/mol. The third kappa shape index (κ3) is 4.03. The van der Waals surface area contributed by atoms with Gasteiger partial charge in [0.25, 0.3) is 5.91 Å². The molecular formula is C28H38N2O4. The van der Waals surface area contributed by atoms with Gasteiger partial charge in [-0.2, -0.15) is 0 Å². The van der Waals surface area contributed by atoms with E-state index in [1.807, 2.05) is 6.07 Å². The number of allylic oxidation sites excluding steroid dienone is 2. The standard InChI is InChI=1S/C28H38N2O4/c1-18(31)23-8-9-24-22-7-6-19-15-20(10-12-27(19,2)25(22)11-13-28(23,24)3)30-34-17-26(32)29-16-21-5-4-14-33-21/h4-5,14-15,22-25H,6-13,16-17H2,1-3H3,(H,29,32)/b30-20+/t22-,23+,24-,25-,27-,28+/m0/s1. The number of carbonyl (C=O) groups excluding carboxylic acids is 2. The van der Waals surface area contributed by atoms with Crippen molar-refractivity contribution in [3.05, 3.63) is 35.8 Å². The smallest absolute Gasteiger partial charge is 0.261 e. The highest BCUT2D eigenvalue weighted by Crippen LogP contribution is 2.66. The molecule has 1 N–H and O–H groups in total. The number of hydrogen-bond acceptors (Lipinski definition) is 5. The van der Waals surface area contributed by atoms with Crippen LogP contribution in [-0.4, -0.2) is 24.0 Å². The Bertz CT molecular complexity index is 996. The molecule has 1 aromatic rings. The van der Waals surface area contributed by atoms with Gasteiger partial charge in [-0.15, -0.1) is 0 Å². The molecule has 184 valence electrons. The van der Waals surface area contributed by atoms with Crippen LogP contribution in [0.4, 0.5) is 0 Å². The van der Waals surface area contributed by atoms with E-state index in [2.05, 4.69) is 30.4 Å². The lowest BCUT2D eigenvalue weighted by Gasteiger charge is -2.58. The van der Waals surface area contributed by atoms with Crippen LogP contribution in [0.3, 0.4) is 0 Å². The van der Waals surface area contributed by atoms with Crippen molar-refractivity contribution in [1.29, 1.82) is 0 Å². The van der Waals surface area contributed by atoms with Crippen LogP contribution in [0.15, 0.2) is 39.6 Å². The van der Waals surface area contributed by atoms with Crippen LogP contribution >= 0.6 is 0 Å². The summed E-state index contributed by atoms with van der Waals surface area (Å²) in [5.41, 5.74) is 2.88. The molecule has 4 aliphatic rings. The van der Waals surface area contributed by atoms with E-state index in [-0.39, 0.29) is 29.3 Å². The van der Waals surface area contributed by atoms with Crippen LogP contribution in [0.5, 0.6) is 0 Å². The minimum Gasteiger partial charge on any atom is -0.467 e. The molecule has 0 unspecified atom stereocenters. The normalized spacial score (nSPS) is 37.9. The number of ketones is 1. The number of hydrogen-bond donors (Lipinski definition) is 1. The van der Waals surface area contributed by atoms with Crippen LogP contribution < -0.4 is 5.32 Å². The van der Waals surface area contributed by atoms with Crippen LogP contribution in [0.25, 0.3) is 0 Å². The monoisotopic (exact) mass is 466 g/mol. The van der Waals surface area contributed by atoms with Gasteiger partial charge in [-0.25, -0.2) is 0 Å². The van der Waals surface area contributed by atoms with Crippen molar-refractivity contribution in [2.45, 2.75) is 78.7 Å². The maximum Gasteiger partial charge on any atom is 0.261 e. The molecule has 6 atom stereocenters. The highest BCUT2D eigenvalue weighted by molar-refractivity contribution is 5.96. The summed E-state index contributed by atoms with van der Waals surface area (Å²) < 4.78 is 5.22. The molecule has 34 heavy (non-hydrogen) atoms. The maximum absolute atomic E-state index is 12.3. The van der Waals surface area contributed by atoms with Crippen LogP contribution in [-0.2, 0) is 21.0 Å². The van der Waals surface area contributed by atoms with Gasteiger partial charge in [0.2, 0.25) is 0 Å². The fourth-order valence-corrected chi connectivity index (χ4v) is 8.13. The number of oxime groups is 1. The lowest BCUT2D eigenvalue weighted by Crippen LogP contribution is -2.51. The van der Waals surface area contributed by atoms with Gasteiger partial charge in [-0.1, -0.05) is 24.6 Å². The van der Waals surface area contributed by atoms with Gasteiger partial charge in [-0.05, 0) is 105 Å². The molecule has 4 aliphatic carbocycles. The average Bonchev–Trinajstić information content (AvgIpc) is 3.45. The Kier molecular flexibility index (Phi) is 6.19. The van der Waals surface area contributed by atoms with E-state index < -0.39 is 0 Å². The Hall–Kier alpha value is -2.37. The summed E-state index contributed by atoms with van der Waals surface area (Å²) in [5.74, 6) is 3.30. The zero-order valence-electron chi connectivity index (χ0n) is 20.8. The van der Waals surface area contributed by atoms with Crippen LogP contribution in [0.1, 0.15) is 77.9 Å². The molecule has 6 nitrogen and oxygen atoms in total. The van der Waals surface area contributed by atoms with E-state index in [1.54, 1.807) is 19.3 Å². The molecule has 0 saturated heterocycles. The van der Waals surface area contributed by atoms with E-state index >= 15 is 0 Å². The lowest BCUT2D eigenvalue weighted by molar-refractivity contribution is -0.128.